The van der Waals surface area contributed by atoms with Crippen molar-refractivity contribution in [2.45, 2.75) is 31.1 Å². The number of unbranched alkanes of at least 4 members (excludes halogenated alkanes) is 2. The number of carbonyl (C=O) groups is 1. The lowest BCUT2D eigenvalue weighted by Gasteiger charge is -2.11. The van der Waals surface area contributed by atoms with Gasteiger partial charge in [-0.3, -0.25) is 9.52 Å². The van der Waals surface area contributed by atoms with E-state index in [9.17, 15) is 26.0 Å². The monoisotopic (exact) mass is 468 g/mol. The quantitative estimate of drug-likeness (QED) is 0.510. The first-order valence-corrected chi connectivity index (χ1v) is 13.1. The zero-order chi connectivity index (χ0) is 23.1. The van der Waals surface area contributed by atoms with Crippen LogP contribution in [0.1, 0.15) is 36.5 Å². The third-order valence-corrected chi connectivity index (χ3v) is 6.64. The molecule has 0 heterocycles. The Morgan fingerprint density at radius 1 is 1.00 bits per heavy atom. The van der Waals surface area contributed by atoms with Crippen LogP contribution in [0.15, 0.2) is 65.3 Å². The smallest absolute Gasteiger partial charge is 0.257 e. The third-order valence-electron chi connectivity index (χ3n) is 4.23. The molecule has 7 nitrogen and oxygen atoms in total. The predicted octanol–water partition coefficient (Wildman–Crippen LogP) is 4.13. The van der Waals surface area contributed by atoms with E-state index in [2.05, 4.69) is 10.0 Å². The van der Waals surface area contributed by atoms with Crippen molar-refractivity contribution in [2.24, 2.45) is 0 Å². The summed E-state index contributed by atoms with van der Waals surface area (Å²) in [5, 5.41) is 2.62. The molecule has 0 unspecified atom stereocenters. The van der Waals surface area contributed by atoms with E-state index in [0.717, 1.165) is 6.26 Å². The molecule has 0 radical (unpaired) electrons. The lowest BCUT2D eigenvalue weighted by molar-refractivity contribution is 0.102. The molecular weight excluding hydrogens is 443 g/mol. The fourth-order valence-electron chi connectivity index (χ4n) is 2.77. The molecular formula is C21H25FN2O5S2. The number of nitrogens with one attached hydrogen (secondary N) is 2. The Labute approximate surface area is 182 Å². The minimum atomic E-state index is -3.56. The van der Waals surface area contributed by atoms with E-state index in [1.165, 1.54) is 49.4 Å². The third kappa shape index (κ3) is 8.14. The fraction of sp³-hybridized carbons (Fsp3) is 0.286. The molecule has 0 aliphatic heterocycles. The van der Waals surface area contributed by atoms with Crippen molar-refractivity contribution in [2.75, 3.05) is 22.0 Å². The number of hydrogen-bond donors (Lipinski definition) is 2. The summed E-state index contributed by atoms with van der Waals surface area (Å²) in [5.41, 5.74) is 0.628. The van der Waals surface area contributed by atoms with Gasteiger partial charge in [0.2, 0.25) is 10.0 Å². The van der Waals surface area contributed by atoms with Crippen molar-refractivity contribution in [3.8, 4) is 0 Å². The first kappa shape index (κ1) is 24.5. The van der Waals surface area contributed by atoms with Gasteiger partial charge in [0.05, 0.1) is 34.0 Å². The average molecular weight is 469 g/mol. The van der Waals surface area contributed by atoms with Crippen LogP contribution in [0.3, 0.4) is 0 Å². The number of sulfone groups is 1. The number of anilines is 2. The summed E-state index contributed by atoms with van der Waals surface area (Å²) in [5.74, 6) is -0.878. The van der Waals surface area contributed by atoms with Gasteiger partial charge in [0, 0.05) is 5.69 Å². The van der Waals surface area contributed by atoms with Crippen LogP contribution in [-0.2, 0) is 19.9 Å². The molecule has 2 N–H and O–H groups in total. The second-order valence-corrected chi connectivity index (χ2v) is 10.9. The number of hydrogen-bond acceptors (Lipinski definition) is 5. The number of amides is 1. The first-order valence-electron chi connectivity index (χ1n) is 9.51. The molecule has 0 saturated heterocycles. The number of sulfonamides is 1. The summed E-state index contributed by atoms with van der Waals surface area (Å²) in [4.78, 5) is 12.7. The maximum Gasteiger partial charge on any atom is 0.257 e. The molecule has 2 rings (SSSR count). The Balaban J connectivity index is 2.04. The summed E-state index contributed by atoms with van der Waals surface area (Å²) in [6.07, 6.45) is 3.87. The zero-order valence-electron chi connectivity index (χ0n) is 17.3. The minimum Gasteiger partial charge on any atom is -0.322 e. The largest absolute Gasteiger partial charge is 0.322 e. The fourth-order valence-corrected chi connectivity index (χ4v) is 4.72. The van der Waals surface area contributed by atoms with Gasteiger partial charge >= 0.3 is 0 Å². The number of rotatable bonds is 10. The molecule has 0 atom stereocenters. The van der Waals surface area contributed by atoms with Gasteiger partial charge in [-0.1, -0.05) is 18.2 Å². The van der Waals surface area contributed by atoms with Gasteiger partial charge < -0.3 is 5.32 Å². The molecule has 0 aromatic heterocycles. The molecule has 10 heteroatoms. The number of carbonyl (C=O) groups excluding carboxylic acids is 1. The highest BCUT2D eigenvalue weighted by Crippen LogP contribution is 2.20. The van der Waals surface area contributed by atoms with E-state index in [-0.39, 0.29) is 27.7 Å². The summed E-state index contributed by atoms with van der Waals surface area (Å²) in [6, 6.07) is 11.9. The molecule has 0 fully saturated rings. The average Bonchev–Trinajstić information content (AvgIpc) is 2.67. The van der Waals surface area contributed by atoms with Crippen LogP contribution in [-0.4, -0.2) is 34.8 Å². The highest BCUT2D eigenvalue weighted by Gasteiger charge is 2.16. The van der Waals surface area contributed by atoms with Crippen molar-refractivity contribution in [3.05, 3.63) is 66.0 Å². The molecule has 0 aliphatic carbocycles. The second kappa shape index (κ2) is 10.5. The molecule has 0 bridgehead atoms. The van der Waals surface area contributed by atoms with Crippen molar-refractivity contribution >= 4 is 37.1 Å². The second-order valence-electron chi connectivity index (χ2n) is 7.00. The number of halogens is 1. The van der Waals surface area contributed by atoms with E-state index in [4.69, 9.17) is 0 Å². The van der Waals surface area contributed by atoms with Gasteiger partial charge in [0.25, 0.3) is 5.91 Å². The number of allylic oxidation sites excluding steroid dienone is 2. The van der Waals surface area contributed by atoms with Gasteiger partial charge in [0.1, 0.15) is 0 Å². The lowest BCUT2D eigenvalue weighted by atomic mass is 10.1. The SMILES string of the molecule is C/C(F)=C/CCCCS(=O)(=O)c1ccc(NC(=O)c2ccccc2NS(C)(=O)=O)cc1. The van der Waals surface area contributed by atoms with Crippen molar-refractivity contribution in [1.82, 2.24) is 0 Å². The molecule has 0 aliphatic rings. The van der Waals surface area contributed by atoms with Gasteiger partial charge in [-0.05, 0) is 62.6 Å². The molecule has 31 heavy (non-hydrogen) atoms. The Morgan fingerprint density at radius 2 is 1.65 bits per heavy atom. The van der Waals surface area contributed by atoms with E-state index >= 15 is 0 Å². The standard InChI is InChI=1S/C21H25FN2O5S2/c1-16(22)8-4-3-7-15-31(28,29)18-13-11-17(12-14-18)23-21(25)19-9-5-6-10-20(19)24-30(2,26)27/h5-6,8-14,24H,3-4,7,15H2,1-2H3,(H,23,25)/b16-8-. The highest BCUT2D eigenvalue weighted by molar-refractivity contribution is 7.92. The predicted molar refractivity (Wildman–Crippen MR) is 120 cm³/mol. The van der Waals surface area contributed by atoms with E-state index < -0.39 is 25.8 Å². The molecule has 0 saturated carbocycles. The molecule has 2 aromatic rings. The van der Waals surface area contributed by atoms with Crippen molar-refractivity contribution in [3.63, 3.8) is 0 Å². The van der Waals surface area contributed by atoms with Crippen LogP contribution in [0.5, 0.6) is 0 Å². The van der Waals surface area contributed by atoms with E-state index in [0.29, 0.717) is 24.9 Å². The normalized spacial score (nSPS) is 12.4. The summed E-state index contributed by atoms with van der Waals surface area (Å²) in [7, 11) is -7.05. The van der Waals surface area contributed by atoms with Crippen molar-refractivity contribution in [1.29, 1.82) is 0 Å². The Bertz CT molecular complexity index is 1150. The van der Waals surface area contributed by atoms with Crippen LogP contribution in [0.4, 0.5) is 15.8 Å². The number of benzene rings is 2. The van der Waals surface area contributed by atoms with E-state index in [1.807, 2.05) is 0 Å². The molecule has 2 aromatic carbocycles. The Hall–Kier alpha value is -2.72. The highest BCUT2D eigenvalue weighted by atomic mass is 32.2. The molecule has 1 amide bonds. The van der Waals surface area contributed by atoms with E-state index in [1.54, 1.807) is 12.1 Å². The topological polar surface area (TPSA) is 109 Å². The Kier molecular flexibility index (Phi) is 8.35. The molecule has 168 valence electrons. The summed E-state index contributed by atoms with van der Waals surface area (Å²) in [6.45, 7) is 1.35. The van der Waals surface area contributed by atoms with Crippen LogP contribution in [0, 0.1) is 0 Å². The van der Waals surface area contributed by atoms with Crippen LogP contribution in [0.2, 0.25) is 0 Å². The van der Waals surface area contributed by atoms with Gasteiger partial charge in [-0.25, -0.2) is 21.2 Å². The van der Waals surface area contributed by atoms with Crippen LogP contribution in [0.25, 0.3) is 0 Å². The van der Waals surface area contributed by atoms with Gasteiger partial charge in [0.15, 0.2) is 9.84 Å². The molecule has 0 spiro atoms. The maximum absolute atomic E-state index is 12.6. The zero-order valence-corrected chi connectivity index (χ0v) is 18.9. The van der Waals surface area contributed by atoms with Crippen LogP contribution < -0.4 is 10.0 Å². The summed E-state index contributed by atoms with van der Waals surface area (Å²) >= 11 is 0. The van der Waals surface area contributed by atoms with Crippen LogP contribution >= 0.6 is 0 Å². The Morgan fingerprint density at radius 3 is 2.26 bits per heavy atom. The van der Waals surface area contributed by atoms with Gasteiger partial charge in [-0.2, -0.15) is 0 Å². The number of para-hydroxylation sites is 1. The van der Waals surface area contributed by atoms with Crippen molar-refractivity contribution < 1.29 is 26.0 Å². The van der Waals surface area contributed by atoms with Gasteiger partial charge in [-0.15, -0.1) is 0 Å². The maximum atomic E-state index is 12.6. The lowest BCUT2D eigenvalue weighted by Crippen LogP contribution is -2.17. The first-order chi connectivity index (χ1) is 14.5. The summed E-state index contributed by atoms with van der Waals surface area (Å²) < 4.78 is 62.7. The minimum absolute atomic E-state index is 0.0532.